The number of rotatable bonds is 7. The van der Waals surface area contributed by atoms with Crippen LogP contribution in [0.25, 0.3) is 0 Å². The van der Waals surface area contributed by atoms with E-state index in [4.69, 9.17) is 14.2 Å². The van der Waals surface area contributed by atoms with Gasteiger partial charge in [0.15, 0.2) is 0 Å². The van der Waals surface area contributed by atoms with E-state index in [0.717, 1.165) is 13.1 Å². The molecule has 1 aliphatic heterocycles. The van der Waals surface area contributed by atoms with Gasteiger partial charge in [-0.3, -0.25) is 9.69 Å². The molecule has 1 fully saturated rings. The first kappa shape index (κ1) is 20.2. The van der Waals surface area contributed by atoms with Gasteiger partial charge in [-0.1, -0.05) is 29.8 Å². The summed E-state index contributed by atoms with van der Waals surface area (Å²) in [4.78, 5) is 15.2. The second-order valence-electron chi connectivity index (χ2n) is 6.89. The van der Waals surface area contributed by atoms with E-state index in [9.17, 15) is 4.79 Å². The minimum absolute atomic E-state index is 0.0975. The van der Waals surface area contributed by atoms with Gasteiger partial charge in [0.2, 0.25) is 0 Å². The highest BCUT2D eigenvalue weighted by Gasteiger charge is 2.23. The molecule has 0 radical (unpaired) electrons. The largest absolute Gasteiger partial charge is 0.497 e. The Balaban J connectivity index is 1.76. The fourth-order valence-electron chi connectivity index (χ4n) is 3.45. The second-order valence-corrected chi connectivity index (χ2v) is 6.89. The molecule has 1 unspecified atom stereocenters. The third-order valence-corrected chi connectivity index (χ3v) is 4.98. The van der Waals surface area contributed by atoms with Gasteiger partial charge in [-0.25, -0.2) is 0 Å². The van der Waals surface area contributed by atoms with E-state index in [0.29, 0.717) is 36.8 Å². The molecule has 6 heteroatoms. The first-order chi connectivity index (χ1) is 13.6. The van der Waals surface area contributed by atoms with Crippen molar-refractivity contribution in [2.75, 3.05) is 47.1 Å². The Bertz CT molecular complexity index is 781. The fraction of sp³-hybridized carbons (Fsp3) is 0.409. The van der Waals surface area contributed by atoms with Crippen LogP contribution in [0.5, 0.6) is 11.5 Å². The van der Waals surface area contributed by atoms with Crippen molar-refractivity contribution in [2.45, 2.75) is 13.0 Å². The maximum atomic E-state index is 12.8. The minimum atomic E-state index is -0.150. The summed E-state index contributed by atoms with van der Waals surface area (Å²) >= 11 is 0. The summed E-state index contributed by atoms with van der Waals surface area (Å²) in [5, 5.41) is 3.08. The lowest BCUT2D eigenvalue weighted by Crippen LogP contribution is -2.43. The summed E-state index contributed by atoms with van der Waals surface area (Å²) in [6, 6.07) is 13.7. The first-order valence-electron chi connectivity index (χ1n) is 9.50. The molecule has 0 spiro atoms. The maximum absolute atomic E-state index is 12.8. The summed E-state index contributed by atoms with van der Waals surface area (Å²) in [6.07, 6.45) is 0. The third kappa shape index (κ3) is 5.03. The van der Waals surface area contributed by atoms with Crippen molar-refractivity contribution in [3.63, 3.8) is 0 Å². The van der Waals surface area contributed by atoms with Crippen LogP contribution in [0.4, 0.5) is 0 Å². The second kappa shape index (κ2) is 9.57. The zero-order valence-electron chi connectivity index (χ0n) is 16.7. The summed E-state index contributed by atoms with van der Waals surface area (Å²) < 4.78 is 16.0. The molecular weight excluding hydrogens is 356 g/mol. The predicted molar refractivity (Wildman–Crippen MR) is 108 cm³/mol. The molecule has 1 amide bonds. The molecule has 1 N–H and O–H groups in total. The predicted octanol–water partition coefficient (Wildman–Crippen LogP) is 2.82. The molecule has 0 aliphatic carbocycles. The Morgan fingerprint density at radius 3 is 2.39 bits per heavy atom. The van der Waals surface area contributed by atoms with Crippen LogP contribution < -0.4 is 14.8 Å². The van der Waals surface area contributed by atoms with E-state index in [2.05, 4.69) is 41.4 Å². The average molecular weight is 384 g/mol. The van der Waals surface area contributed by atoms with Crippen LogP contribution in [-0.2, 0) is 4.74 Å². The van der Waals surface area contributed by atoms with Gasteiger partial charge in [-0.15, -0.1) is 0 Å². The number of nitrogens with one attached hydrogen (secondary N) is 1. The number of ether oxygens (including phenoxy) is 3. The van der Waals surface area contributed by atoms with Gasteiger partial charge in [-0.2, -0.15) is 0 Å². The zero-order chi connectivity index (χ0) is 19.9. The Hall–Kier alpha value is -2.57. The van der Waals surface area contributed by atoms with Gasteiger partial charge in [0.05, 0.1) is 33.5 Å². The Labute approximate surface area is 166 Å². The number of carbonyl (C=O) groups excluding carboxylic acids is 1. The van der Waals surface area contributed by atoms with Gasteiger partial charge in [-0.05, 0) is 24.6 Å². The maximum Gasteiger partial charge on any atom is 0.251 e. The summed E-state index contributed by atoms with van der Waals surface area (Å²) in [5.74, 6) is 1.03. The molecule has 2 aromatic rings. The molecule has 1 aliphatic rings. The Morgan fingerprint density at radius 2 is 1.79 bits per heavy atom. The van der Waals surface area contributed by atoms with E-state index in [1.54, 1.807) is 32.4 Å². The molecule has 150 valence electrons. The number of nitrogens with zero attached hydrogens (tertiary/aromatic N) is 1. The SMILES string of the molecule is COc1cc(OC)cc(C(=O)NCC(c2cccc(C)c2)N2CCOCC2)c1. The normalized spacial score (nSPS) is 15.7. The molecule has 3 rings (SSSR count). The van der Waals surface area contributed by atoms with Crippen LogP contribution in [0.3, 0.4) is 0 Å². The number of benzene rings is 2. The van der Waals surface area contributed by atoms with Crippen LogP contribution in [-0.4, -0.2) is 57.9 Å². The minimum Gasteiger partial charge on any atom is -0.497 e. The lowest BCUT2D eigenvalue weighted by molar-refractivity contribution is 0.0162. The molecule has 1 atom stereocenters. The average Bonchev–Trinajstić information content (AvgIpc) is 2.74. The van der Waals surface area contributed by atoms with Crippen LogP contribution in [0.2, 0.25) is 0 Å². The number of morpholine rings is 1. The highest BCUT2D eigenvalue weighted by Crippen LogP contribution is 2.24. The Morgan fingerprint density at radius 1 is 1.11 bits per heavy atom. The van der Waals surface area contributed by atoms with Gasteiger partial charge in [0.1, 0.15) is 11.5 Å². The van der Waals surface area contributed by atoms with Crippen molar-refractivity contribution in [3.05, 3.63) is 59.2 Å². The zero-order valence-corrected chi connectivity index (χ0v) is 16.7. The molecule has 0 saturated carbocycles. The standard InChI is InChI=1S/C22H28N2O4/c1-16-5-4-6-17(11-16)21(24-7-9-28-10-8-24)15-23-22(25)18-12-19(26-2)14-20(13-18)27-3/h4-6,11-14,21H,7-10,15H2,1-3H3,(H,23,25). The Kier molecular flexibility index (Phi) is 6.90. The molecule has 6 nitrogen and oxygen atoms in total. The van der Waals surface area contributed by atoms with Crippen molar-refractivity contribution in [3.8, 4) is 11.5 Å². The van der Waals surface area contributed by atoms with E-state index in [-0.39, 0.29) is 11.9 Å². The molecular formula is C22H28N2O4. The van der Waals surface area contributed by atoms with Gasteiger partial charge < -0.3 is 19.5 Å². The van der Waals surface area contributed by atoms with Crippen LogP contribution in [0.1, 0.15) is 27.5 Å². The molecule has 0 aromatic heterocycles. The lowest BCUT2D eigenvalue weighted by Gasteiger charge is -2.35. The molecule has 28 heavy (non-hydrogen) atoms. The molecule has 1 heterocycles. The number of methoxy groups -OCH3 is 2. The number of amides is 1. The number of aryl methyl sites for hydroxylation is 1. The van der Waals surface area contributed by atoms with Gasteiger partial charge in [0.25, 0.3) is 5.91 Å². The topological polar surface area (TPSA) is 60.0 Å². The van der Waals surface area contributed by atoms with Crippen LogP contribution >= 0.6 is 0 Å². The van der Waals surface area contributed by atoms with Crippen LogP contribution in [0, 0.1) is 6.92 Å². The number of hydrogen-bond donors (Lipinski definition) is 1. The monoisotopic (exact) mass is 384 g/mol. The van der Waals surface area contributed by atoms with E-state index >= 15 is 0 Å². The van der Waals surface area contributed by atoms with E-state index < -0.39 is 0 Å². The summed E-state index contributed by atoms with van der Waals surface area (Å²) in [5.41, 5.74) is 2.92. The van der Waals surface area contributed by atoms with Crippen molar-refractivity contribution in [1.82, 2.24) is 10.2 Å². The van der Waals surface area contributed by atoms with Crippen molar-refractivity contribution < 1.29 is 19.0 Å². The lowest BCUT2D eigenvalue weighted by atomic mass is 10.0. The molecule has 0 bridgehead atoms. The smallest absolute Gasteiger partial charge is 0.251 e. The van der Waals surface area contributed by atoms with Gasteiger partial charge in [0, 0.05) is 31.3 Å². The van der Waals surface area contributed by atoms with Gasteiger partial charge >= 0.3 is 0 Å². The quantitative estimate of drug-likeness (QED) is 0.795. The van der Waals surface area contributed by atoms with Crippen molar-refractivity contribution in [1.29, 1.82) is 0 Å². The summed E-state index contributed by atoms with van der Waals surface area (Å²) in [6.45, 7) is 5.72. The molecule has 1 saturated heterocycles. The number of hydrogen-bond acceptors (Lipinski definition) is 5. The van der Waals surface area contributed by atoms with Crippen molar-refractivity contribution >= 4 is 5.91 Å². The highest BCUT2D eigenvalue weighted by molar-refractivity contribution is 5.95. The number of carbonyl (C=O) groups is 1. The third-order valence-electron chi connectivity index (χ3n) is 4.98. The van der Waals surface area contributed by atoms with Crippen LogP contribution in [0.15, 0.2) is 42.5 Å². The van der Waals surface area contributed by atoms with E-state index in [1.165, 1.54) is 11.1 Å². The summed E-state index contributed by atoms with van der Waals surface area (Å²) in [7, 11) is 3.14. The highest BCUT2D eigenvalue weighted by atomic mass is 16.5. The first-order valence-corrected chi connectivity index (χ1v) is 9.50. The van der Waals surface area contributed by atoms with Crippen molar-refractivity contribution in [2.24, 2.45) is 0 Å². The fourth-order valence-corrected chi connectivity index (χ4v) is 3.45. The van der Waals surface area contributed by atoms with E-state index in [1.807, 2.05) is 0 Å². The molecule has 2 aromatic carbocycles.